The molecule has 0 fully saturated rings. The third kappa shape index (κ3) is 2.65. The van der Waals surface area contributed by atoms with Crippen LogP contribution in [-0.4, -0.2) is 15.2 Å². The summed E-state index contributed by atoms with van der Waals surface area (Å²) in [5.41, 5.74) is 1.26. The van der Waals surface area contributed by atoms with Gasteiger partial charge in [0, 0.05) is 13.0 Å². The van der Waals surface area contributed by atoms with E-state index in [1.54, 1.807) is 5.20 Å². The highest BCUT2D eigenvalue weighted by Crippen LogP contribution is 2.38. The summed E-state index contributed by atoms with van der Waals surface area (Å²) < 4.78 is 5.78. The van der Waals surface area contributed by atoms with Crippen LogP contribution in [0.3, 0.4) is 0 Å². The van der Waals surface area contributed by atoms with Crippen LogP contribution in [0, 0.1) is 5.92 Å². The fourth-order valence-corrected chi connectivity index (χ4v) is 4.48. The first kappa shape index (κ1) is 13.3. The SMILES string of the molecule is CO[C@@H](c1ccccc1)C1C=CC=C1[Si](C)(C)C. The van der Waals surface area contributed by atoms with E-state index in [0.717, 1.165) is 0 Å². The Hall–Kier alpha value is -1.12. The molecule has 1 aromatic carbocycles. The average molecular weight is 258 g/mol. The van der Waals surface area contributed by atoms with Crippen molar-refractivity contribution in [1.82, 2.24) is 0 Å². The van der Waals surface area contributed by atoms with Crippen molar-refractivity contribution in [2.24, 2.45) is 5.92 Å². The van der Waals surface area contributed by atoms with Crippen molar-refractivity contribution in [2.45, 2.75) is 25.7 Å². The molecule has 0 aromatic heterocycles. The van der Waals surface area contributed by atoms with Gasteiger partial charge in [0.1, 0.15) is 0 Å². The summed E-state index contributed by atoms with van der Waals surface area (Å²) in [4.78, 5) is 0. The van der Waals surface area contributed by atoms with E-state index < -0.39 is 8.07 Å². The quantitative estimate of drug-likeness (QED) is 0.729. The maximum absolute atomic E-state index is 5.78. The molecule has 0 radical (unpaired) electrons. The molecule has 1 nitrogen and oxygen atoms in total. The molecule has 1 aromatic rings. The highest BCUT2D eigenvalue weighted by atomic mass is 28.3. The lowest BCUT2D eigenvalue weighted by Gasteiger charge is -2.30. The van der Waals surface area contributed by atoms with Gasteiger partial charge < -0.3 is 4.74 Å². The highest BCUT2D eigenvalue weighted by Gasteiger charge is 2.33. The van der Waals surface area contributed by atoms with Crippen molar-refractivity contribution in [3.05, 3.63) is 59.3 Å². The first-order chi connectivity index (χ1) is 8.54. The van der Waals surface area contributed by atoms with Gasteiger partial charge in [-0.2, -0.15) is 0 Å². The van der Waals surface area contributed by atoms with Crippen molar-refractivity contribution >= 4 is 8.07 Å². The lowest BCUT2D eigenvalue weighted by Crippen LogP contribution is -2.30. The number of hydrogen-bond donors (Lipinski definition) is 0. The van der Waals surface area contributed by atoms with Crippen LogP contribution in [0.5, 0.6) is 0 Å². The zero-order chi connectivity index (χ0) is 13.2. The Morgan fingerprint density at radius 1 is 1.11 bits per heavy atom. The summed E-state index contributed by atoms with van der Waals surface area (Å²) in [5, 5.41) is 1.58. The van der Waals surface area contributed by atoms with Gasteiger partial charge in [-0.1, -0.05) is 73.4 Å². The molecule has 18 heavy (non-hydrogen) atoms. The molecule has 1 aliphatic carbocycles. The standard InChI is InChI=1S/C16H22OSi/c1-17-16(13-9-6-5-7-10-13)14-11-8-12-15(14)18(2,3)4/h5-12,14,16H,1-4H3/t14?,16-/m0/s1. The summed E-state index contributed by atoms with van der Waals surface area (Å²) in [6, 6.07) is 10.5. The van der Waals surface area contributed by atoms with E-state index >= 15 is 0 Å². The zero-order valence-electron chi connectivity index (χ0n) is 11.7. The molecule has 2 rings (SSSR count). The minimum Gasteiger partial charge on any atom is -0.376 e. The third-order valence-electron chi connectivity index (χ3n) is 3.53. The van der Waals surface area contributed by atoms with Crippen molar-refractivity contribution in [3.8, 4) is 0 Å². The fraction of sp³-hybridized carbons (Fsp3) is 0.375. The minimum absolute atomic E-state index is 0.142. The van der Waals surface area contributed by atoms with Crippen LogP contribution >= 0.6 is 0 Å². The molecule has 0 bridgehead atoms. The zero-order valence-corrected chi connectivity index (χ0v) is 12.7. The van der Waals surface area contributed by atoms with Gasteiger partial charge in [0.2, 0.25) is 0 Å². The molecule has 0 saturated carbocycles. The van der Waals surface area contributed by atoms with Gasteiger partial charge in [0.05, 0.1) is 14.2 Å². The average Bonchev–Trinajstić information content (AvgIpc) is 2.80. The van der Waals surface area contributed by atoms with E-state index in [1.807, 2.05) is 7.11 Å². The van der Waals surface area contributed by atoms with Crippen LogP contribution in [0.4, 0.5) is 0 Å². The highest BCUT2D eigenvalue weighted by molar-refractivity contribution is 6.83. The number of benzene rings is 1. The molecule has 0 N–H and O–H groups in total. The van der Waals surface area contributed by atoms with Gasteiger partial charge >= 0.3 is 0 Å². The fourth-order valence-electron chi connectivity index (χ4n) is 2.64. The molecule has 0 amide bonds. The number of methoxy groups -OCH3 is 1. The topological polar surface area (TPSA) is 9.23 Å². The van der Waals surface area contributed by atoms with Crippen LogP contribution in [0.2, 0.25) is 19.6 Å². The van der Waals surface area contributed by atoms with Crippen molar-refractivity contribution in [1.29, 1.82) is 0 Å². The second kappa shape index (κ2) is 5.25. The lowest BCUT2D eigenvalue weighted by atomic mass is 9.96. The van der Waals surface area contributed by atoms with Crippen molar-refractivity contribution in [3.63, 3.8) is 0 Å². The molecule has 96 valence electrons. The van der Waals surface area contributed by atoms with E-state index in [1.165, 1.54) is 5.56 Å². The van der Waals surface area contributed by atoms with Crippen molar-refractivity contribution < 1.29 is 4.74 Å². The second-order valence-electron chi connectivity index (χ2n) is 5.85. The Morgan fingerprint density at radius 2 is 1.78 bits per heavy atom. The van der Waals surface area contributed by atoms with E-state index in [-0.39, 0.29) is 6.10 Å². The summed E-state index contributed by atoms with van der Waals surface area (Å²) in [6.45, 7) is 7.20. The first-order valence-electron chi connectivity index (χ1n) is 6.50. The summed E-state index contributed by atoms with van der Waals surface area (Å²) >= 11 is 0. The summed E-state index contributed by atoms with van der Waals surface area (Å²) in [5.74, 6) is 0.407. The van der Waals surface area contributed by atoms with Gasteiger partial charge in [-0.3, -0.25) is 0 Å². The molecule has 2 heteroatoms. The molecule has 1 unspecified atom stereocenters. The predicted octanol–water partition coefficient (Wildman–Crippen LogP) is 4.36. The van der Waals surface area contributed by atoms with Crippen LogP contribution in [-0.2, 0) is 4.74 Å². The predicted molar refractivity (Wildman–Crippen MR) is 80.3 cm³/mol. The molecular formula is C16H22OSi. The summed E-state index contributed by atoms with van der Waals surface area (Å²) in [7, 11) is 0.531. The first-order valence-corrected chi connectivity index (χ1v) is 10.0. The Morgan fingerprint density at radius 3 is 2.33 bits per heavy atom. The Kier molecular flexibility index (Phi) is 3.88. The van der Waals surface area contributed by atoms with Crippen molar-refractivity contribution in [2.75, 3.05) is 7.11 Å². The van der Waals surface area contributed by atoms with Crippen LogP contribution in [0.1, 0.15) is 11.7 Å². The van der Waals surface area contributed by atoms with Gasteiger partial charge in [-0.05, 0) is 5.56 Å². The molecule has 0 aliphatic heterocycles. The number of hydrogen-bond acceptors (Lipinski definition) is 1. The Balaban J connectivity index is 2.30. The molecule has 2 atom stereocenters. The summed E-state index contributed by atoms with van der Waals surface area (Å²) in [6.07, 6.45) is 6.91. The normalized spacial score (nSPS) is 20.9. The third-order valence-corrected chi connectivity index (χ3v) is 5.76. The van der Waals surface area contributed by atoms with E-state index in [0.29, 0.717) is 5.92 Å². The number of allylic oxidation sites excluding steroid dienone is 2. The smallest absolute Gasteiger partial charge is 0.0917 e. The van der Waals surface area contributed by atoms with Gasteiger partial charge in [0.15, 0.2) is 0 Å². The molecular weight excluding hydrogens is 236 g/mol. The molecule has 0 spiro atoms. The van der Waals surface area contributed by atoms with Crippen LogP contribution in [0.25, 0.3) is 0 Å². The van der Waals surface area contributed by atoms with Gasteiger partial charge in [0.25, 0.3) is 0 Å². The Bertz CT molecular complexity index is 454. The maximum Gasteiger partial charge on any atom is 0.0917 e. The van der Waals surface area contributed by atoms with E-state index in [2.05, 4.69) is 68.2 Å². The van der Waals surface area contributed by atoms with E-state index in [9.17, 15) is 0 Å². The van der Waals surface area contributed by atoms with E-state index in [4.69, 9.17) is 4.74 Å². The minimum atomic E-state index is -1.28. The number of ether oxygens (including phenoxy) is 1. The van der Waals surface area contributed by atoms with Gasteiger partial charge in [-0.25, -0.2) is 0 Å². The monoisotopic (exact) mass is 258 g/mol. The molecule has 0 saturated heterocycles. The molecule has 0 heterocycles. The second-order valence-corrected chi connectivity index (χ2v) is 10.9. The maximum atomic E-state index is 5.78. The number of rotatable bonds is 4. The Labute approximate surface area is 111 Å². The van der Waals surface area contributed by atoms with Gasteiger partial charge in [-0.15, -0.1) is 0 Å². The van der Waals surface area contributed by atoms with Crippen LogP contribution < -0.4 is 0 Å². The molecule has 1 aliphatic rings. The largest absolute Gasteiger partial charge is 0.376 e. The van der Waals surface area contributed by atoms with Crippen LogP contribution in [0.15, 0.2) is 53.8 Å². The lowest BCUT2D eigenvalue weighted by molar-refractivity contribution is 0.0817.